The molecule has 40 heavy (non-hydrogen) atoms. The molecular formula is C26H32F3N5O5S. The molecule has 218 valence electrons. The van der Waals surface area contributed by atoms with Crippen molar-refractivity contribution in [1.82, 2.24) is 20.1 Å². The number of amides is 1. The summed E-state index contributed by atoms with van der Waals surface area (Å²) in [6.07, 6.45) is -4.11. The number of hydrogen-bond donors (Lipinski definition) is 3. The van der Waals surface area contributed by atoms with Crippen molar-refractivity contribution in [2.24, 2.45) is 5.73 Å². The fourth-order valence-corrected chi connectivity index (χ4v) is 5.64. The van der Waals surface area contributed by atoms with Crippen molar-refractivity contribution in [2.45, 2.75) is 50.6 Å². The molecule has 2 aromatic carbocycles. The molecule has 0 aliphatic rings. The van der Waals surface area contributed by atoms with Crippen LogP contribution in [0.3, 0.4) is 0 Å². The summed E-state index contributed by atoms with van der Waals surface area (Å²) < 4.78 is 77.4. The van der Waals surface area contributed by atoms with E-state index in [0.717, 1.165) is 23.8 Å². The van der Waals surface area contributed by atoms with Crippen LogP contribution in [-0.2, 0) is 16.5 Å². The van der Waals surface area contributed by atoms with Crippen LogP contribution in [0.2, 0.25) is 0 Å². The average molecular weight is 584 g/mol. The van der Waals surface area contributed by atoms with E-state index < -0.39 is 39.3 Å². The zero-order valence-electron chi connectivity index (χ0n) is 22.1. The van der Waals surface area contributed by atoms with Crippen molar-refractivity contribution in [3.05, 3.63) is 65.5 Å². The van der Waals surface area contributed by atoms with E-state index in [-0.39, 0.29) is 35.6 Å². The number of nitrogens with two attached hydrogens (primary N) is 1. The highest BCUT2D eigenvalue weighted by atomic mass is 32.2. The first-order chi connectivity index (χ1) is 18.8. The Labute approximate surface area is 230 Å². The average Bonchev–Trinajstić information content (AvgIpc) is 3.37. The fourth-order valence-electron chi connectivity index (χ4n) is 4.55. The fraction of sp³-hybridized carbons (Fsp3) is 0.423. The zero-order valence-corrected chi connectivity index (χ0v) is 22.9. The van der Waals surface area contributed by atoms with E-state index in [0.29, 0.717) is 26.1 Å². The summed E-state index contributed by atoms with van der Waals surface area (Å²) in [4.78, 5) is 18.5. The highest BCUT2D eigenvalue weighted by molar-refractivity contribution is 7.86. The quantitative estimate of drug-likeness (QED) is 0.239. The first kappa shape index (κ1) is 31.0. The number of benzene rings is 2. The summed E-state index contributed by atoms with van der Waals surface area (Å²) in [6.45, 7) is 5.69. The van der Waals surface area contributed by atoms with Gasteiger partial charge in [0.15, 0.2) is 5.82 Å². The van der Waals surface area contributed by atoms with Crippen LogP contribution in [0.4, 0.5) is 13.2 Å². The third kappa shape index (κ3) is 8.50. The summed E-state index contributed by atoms with van der Waals surface area (Å²) in [5.41, 5.74) is 6.06. The van der Waals surface area contributed by atoms with E-state index in [4.69, 9.17) is 5.73 Å². The molecule has 1 heterocycles. The lowest BCUT2D eigenvalue weighted by Gasteiger charge is -2.26. The molecule has 0 aliphatic heterocycles. The number of halogens is 3. The lowest BCUT2D eigenvalue weighted by molar-refractivity contribution is -0.274. The van der Waals surface area contributed by atoms with Crippen LogP contribution in [0.25, 0.3) is 11.4 Å². The van der Waals surface area contributed by atoms with Gasteiger partial charge in [-0.25, -0.2) is 4.98 Å². The number of aromatic nitrogens is 3. The van der Waals surface area contributed by atoms with Gasteiger partial charge in [-0.05, 0) is 62.7 Å². The Kier molecular flexibility index (Phi) is 10.3. The second-order valence-corrected chi connectivity index (χ2v) is 10.8. The number of carbonyl (C=O) groups is 1. The summed E-state index contributed by atoms with van der Waals surface area (Å²) in [5, 5.41) is 5.60. The Hall–Kier alpha value is -3.49. The lowest BCUT2D eigenvalue weighted by atomic mass is 9.93. The van der Waals surface area contributed by atoms with Crippen molar-refractivity contribution in [2.75, 3.05) is 19.6 Å². The predicted octanol–water partition coefficient (Wildman–Crippen LogP) is 4.17. The molecule has 0 aliphatic carbocycles. The molecule has 1 unspecified atom stereocenters. The van der Waals surface area contributed by atoms with Crippen molar-refractivity contribution >= 4 is 16.0 Å². The van der Waals surface area contributed by atoms with Crippen molar-refractivity contribution in [3.63, 3.8) is 0 Å². The maximum Gasteiger partial charge on any atom is 0.573 e. The molecule has 0 radical (unpaired) electrons. The van der Waals surface area contributed by atoms with Crippen LogP contribution in [0.15, 0.2) is 48.5 Å². The molecule has 14 heteroatoms. The Morgan fingerprint density at radius 2 is 1.80 bits per heavy atom. The zero-order chi connectivity index (χ0) is 29.5. The first-order valence-corrected chi connectivity index (χ1v) is 14.2. The Morgan fingerprint density at radius 3 is 2.38 bits per heavy atom. The highest BCUT2D eigenvalue weighted by Crippen LogP contribution is 2.33. The summed E-state index contributed by atoms with van der Waals surface area (Å²) >= 11 is 0. The Bertz CT molecular complexity index is 1380. The number of alkyl halides is 3. The molecule has 10 nitrogen and oxygen atoms in total. The number of nitrogens with one attached hydrogen (secondary N) is 1. The van der Waals surface area contributed by atoms with E-state index in [1.165, 1.54) is 0 Å². The lowest BCUT2D eigenvalue weighted by Crippen LogP contribution is -2.34. The maximum atomic E-state index is 12.7. The van der Waals surface area contributed by atoms with Crippen LogP contribution < -0.4 is 10.5 Å². The van der Waals surface area contributed by atoms with Gasteiger partial charge in [0.05, 0.1) is 10.8 Å². The van der Waals surface area contributed by atoms with E-state index in [1.807, 2.05) is 49.1 Å². The van der Waals surface area contributed by atoms with Gasteiger partial charge in [-0.1, -0.05) is 44.2 Å². The molecule has 1 amide bonds. The van der Waals surface area contributed by atoms with Gasteiger partial charge in [0, 0.05) is 11.5 Å². The van der Waals surface area contributed by atoms with Crippen LogP contribution in [0, 0.1) is 0 Å². The summed E-state index contributed by atoms with van der Waals surface area (Å²) in [6, 6.07) is 12.3. The minimum Gasteiger partial charge on any atom is -0.406 e. The number of hydrogen-bond acceptors (Lipinski definition) is 7. The van der Waals surface area contributed by atoms with E-state index >= 15 is 0 Å². The molecule has 2 atom stereocenters. The SMILES string of the molecule is CCN(CC)CCC([C@H](CCc1ccccc1)c1nc(-c2ccc(OC(F)(F)F)cc2C(N)=O)n[nH]1)S(=O)(=O)O. The molecule has 1 aromatic heterocycles. The largest absolute Gasteiger partial charge is 0.573 e. The number of ether oxygens (including phenoxy) is 1. The van der Waals surface area contributed by atoms with Gasteiger partial charge in [-0.15, -0.1) is 13.2 Å². The molecule has 0 saturated heterocycles. The second kappa shape index (κ2) is 13.2. The van der Waals surface area contributed by atoms with Crippen LogP contribution in [0.1, 0.15) is 54.4 Å². The normalized spacial score (nSPS) is 13.8. The molecule has 0 saturated carbocycles. The topological polar surface area (TPSA) is 151 Å². The third-order valence-corrected chi connectivity index (χ3v) is 7.96. The van der Waals surface area contributed by atoms with Gasteiger partial charge in [0.25, 0.3) is 10.1 Å². The number of aryl methyl sites for hydroxylation is 1. The Morgan fingerprint density at radius 1 is 1.12 bits per heavy atom. The number of primary amides is 1. The number of nitrogens with zero attached hydrogens (tertiary/aromatic N) is 3. The second-order valence-electron chi connectivity index (χ2n) is 9.16. The Balaban J connectivity index is 2.01. The highest BCUT2D eigenvalue weighted by Gasteiger charge is 2.36. The molecule has 3 rings (SSSR count). The van der Waals surface area contributed by atoms with E-state index in [1.54, 1.807) is 0 Å². The number of aromatic amines is 1. The van der Waals surface area contributed by atoms with Crippen molar-refractivity contribution in [3.8, 4) is 17.1 Å². The van der Waals surface area contributed by atoms with Gasteiger partial charge in [-0.3, -0.25) is 14.4 Å². The van der Waals surface area contributed by atoms with Crippen molar-refractivity contribution in [1.29, 1.82) is 0 Å². The number of carbonyl (C=O) groups excluding carboxylic acids is 1. The molecule has 0 fully saturated rings. The smallest absolute Gasteiger partial charge is 0.406 e. The molecule has 3 aromatic rings. The predicted molar refractivity (Wildman–Crippen MR) is 142 cm³/mol. The van der Waals surface area contributed by atoms with Gasteiger partial charge >= 0.3 is 6.36 Å². The minimum absolute atomic E-state index is 0.0258. The van der Waals surface area contributed by atoms with Crippen LogP contribution in [-0.4, -0.2) is 70.2 Å². The van der Waals surface area contributed by atoms with E-state index in [2.05, 4.69) is 19.9 Å². The molecule has 4 N–H and O–H groups in total. The minimum atomic E-state index is -4.98. The molecule has 0 spiro atoms. The number of H-pyrrole nitrogens is 1. The third-order valence-electron chi connectivity index (χ3n) is 6.63. The van der Waals surface area contributed by atoms with Gasteiger partial charge < -0.3 is 15.4 Å². The van der Waals surface area contributed by atoms with Gasteiger partial charge in [0.2, 0.25) is 5.91 Å². The molecule has 0 bridgehead atoms. The monoisotopic (exact) mass is 583 g/mol. The van der Waals surface area contributed by atoms with Crippen molar-refractivity contribution < 1.29 is 35.7 Å². The van der Waals surface area contributed by atoms with E-state index in [9.17, 15) is 30.9 Å². The van der Waals surface area contributed by atoms with Gasteiger partial charge in [-0.2, -0.15) is 13.5 Å². The maximum absolute atomic E-state index is 12.7. The standard InChI is InChI=1S/C26H32F3N5O5S/c1-3-34(4-2)15-14-22(40(36,37)38)20(12-10-17-8-6-5-7-9-17)25-31-24(32-33-25)19-13-11-18(39-26(27,28)29)16-21(19)23(30)35/h5-9,11,13,16,20,22H,3-4,10,12,14-15H2,1-2H3,(H2,30,35)(H,31,32,33)(H,36,37,38)/t20-,22?/m0/s1. The van der Waals surface area contributed by atoms with Crippen LogP contribution in [0.5, 0.6) is 5.75 Å². The first-order valence-electron chi connectivity index (χ1n) is 12.7. The summed E-state index contributed by atoms with van der Waals surface area (Å²) in [7, 11) is -4.54. The van der Waals surface area contributed by atoms with Crippen LogP contribution >= 0.6 is 0 Å². The van der Waals surface area contributed by atoms with Gasteiger partial charge in [0.1, 0.15) is 11.6 Å². The summed E-state index contributed by atoms with van der Waals surface area (Å²) in [5.74, 6) is -2.45. The number of rotatable bonds is 14. The molecular weight excluding hydrogens is 551 g/mol.